The SMILES string of the molecule is C[C@H](NC(=O)CN1C(=O)/C(=C\c2ccc(-c3ccccc3Cl)o2)SC1=S)C(=O)OC(C)(C)C. The molecule has 0 spiro atoms. The lowest BCUT2D eigenvalue weighted by molar-refractivity contribution is -0.158. The number of halogens is 1. The molecular weight excluding hydrogens is 484 g/mol. The van der Waals surface area contributed by atoms with Gasteiger partial charge in [-0.2, -0.15) is 0 Å². The standard InChI is InChI=1S/C23H23ClN2O5S2/c1-13(21(29)31-23(2,3)4)25-19(27)12-26-20(28)18(33-22(26)32)11-14-9-10-17(30-14)15-7-5-6-8-16(15)24/h5-11,13H,12H2,1-4H3,(H,25,27)/b18-11+/t13-/m0/s1. The second-order valence-corrected chi connectivity index (χ2v) is 10.4. The van der Waals surface area contributed by atoms with Crippen LogP contribution in [0.1, 0.15) is 33.5 Å². The van der Waals surface area contributed by atoms with Gasteiger partial charge < -0.3 is 14.5 Å². The number of thiocarbonyl (C=S) groups is 1. The molecule has 0 saturated carbocycles. The second-order valence-electron chi connectivity index (χ2n) is 8.27. The highest BCUT2D eigenvalue weighted by molar-refractivity contribution is 8.26. The molecule has 1 N–H and O–H groups in total. The summed E-state index contributed by atoms with van der Waals surface area (Å²) in [5.74, 6) is -0.481. The van der Waals surface area contributed by atoms with Crippen molar-refractivity contribution in [3.63, 3.8) is 0 Å². The molecule has 0 radical (unpaired) electrons. The highest BCUT2D eigenvalue weighted by atomic mass is 35.5. The van der Waals surface area contributed by atoms with Crippen LogP contribution in [-0.2, 0) is 19.1 Å². The smallest absolute Gasteiger partial charge is 0.328 e. The molecule has 1 aromatic heterocycles. The lowest BCUT2D eigenvalue weighted by Gasteiger charge is -2.23. The number of benzene rings is 1. The van der Waals surface area contributed by atoms with Gasteiger partial charge in [0.1, 0.15) is 34.0 Å². The van der Waals surface area contributed by atoms with Gasteiger partial charge in [0.05, 0.1) is 9.93 Å². The summed E-state index contributed by atoms with van der Waals surface area (Å²) in [6.07, 6.45) is 1.57. The van der Waals surface area contributed by atoms with Crippen LogP contribution in [0.3, 0.4) is 0 Å². The van der Waals surface area contributed by atoms with Crippen LogP contribution in [0.15, 0.2) is 45.7 Å². The van der Waals surface area contributed by atoms with Gasteiger partial charge in [-0.25, -0.2) is 4.79 Å². The average Bonchev–Trinajstić information content (AvgIpc) is 3.27. The highest BCUT2D eigenvalue weighted by Crippen LogP contribution is 2.34. The fourth-order valence-corrected chi connectivity index (χ4v) is 4.35. The molecule has 33 heavy (non-hydrogen) atoms. The van der Waals surface area contributed by atoms with Gasteiger partial charge >= 0.3 is 5.97 Å². The van der Waals surface area contributed by atoms with Gasteiger partial charge in [-0.05, 0) is 52.0 Å². The third-order valence-corrected chi connectivity index (χ3v) is 6.06. The monoisotopic (exact) mass is 506 g/mol. The minimum Gasteiger partial charge on any atom is -0.458 e. The van der Waals surface area contributed by atoms with E-state index < -0.39 is 29.4 Å². The molecule has 2 amide bonds. The number of carbonyl (C=O) groups excluding carboxylic acids is 3. The molecule has 0 aliphatic carbocycles. The van der Waals surface area contributed by atoms with Crippen molar-refractivity contribution >= 4 is 63.8 Å². The summed E-state index contributed by atoms with van der Waals surface area (Å²) >= 11 is 12.6. The Labute approximate surface area is 206 Å². The minimum atomic E-state index is -0.864. The van der Waals surface area contributed by atoms with Crippen molar-refractivity contribution in [2.24, 2.45) is 0 Å². The van der Waals surface area contributed by atoms with Crippen LogP contribution in [0.5, 0.6) is 0 Å². The number of ether oxygens (including phenoxy) is 1. The summed E-state index contributed by atoms with van der Waals surface area (Å²) in [7, 11) is 0. The van der Waals surface area contributed by atoms with E-state index in [-0.39, 0.29) is 10.9 Å². The Balaban J connectivity index is 1.65. The summed E-state index contributed by atoms with van der Waals surface area (Å²) in [5.41, 5.74) is 0.0679. The minimum absolute atomic E-state index is 0.240. The van der Waals surface area contributed by atoms with E-state index in [1.165, 1.54) is 11.8 Å². The average molecular weight is 507 g/mol. The molecule has 1 aliphatic heterocycles. The molecule has 1 atom stereocenters. The maximum Gasteiger partial charge on any atom is 0.328 e. The van der Waals surface area contributed by atoms with Crippen molar-refractivity contribution in [1.82, 2.24) is 10.2 Å². The topological polar surface area (TPSA) is 88.9 Å². The van der Waals surface area contributed by atoms with Crippen molar-refractivity contribution in [2.45, 2.75) is 39.3 Å². The van der Waals surface area contributed by atoms with Crippen LogP contribution in [-0.4, -0.2) is 45.2 Å². The molecule has 2 heterocycles. The molecule has 1 fully saturated rings. The maximum absolute atomic E-state index is 12.8. The molecular formula is C23H23ClN2O5S2. The number of amides is 2. The summed E-state index contributed by atoms with van der Waals surface area (Å²) in [6.45, 7) is 6.43. The van der Waals surface area contributed by atoms with Crippen LogP contribution in [0.4, 0.5) is 0 Å². The van der Waals surface area contributed by atoms with E-state index in [2.05, 4.69) is 5.32 Å². The number of nitrogens with zero attached hydrogens (tertiary/aromatic N) is 1. The normalized spacial score (nSPS) is 16.3. The Bertz CT molecular complexity index is 1140. The van der Waals surface area contributed by atoms with Crippen molar-refractivity contribution in [3.8, 4) is 11.3 Å². The van der Waals surface area contributed by atoms with E-state index in [0.29, 0.717) is 21.4 Å². The van der Waals surface area contributed by atoms with Crippen LogP contribution >= 0.6 is 35.6 Å². The maximum atomic E-state index is 12.8. The first-order valence-electron chi connectivity index (χ1n) is 10.1. The van der Waals surface area contributed by atoms with Gasteiger partial charge in [0.25, 0.3) is 5.91 Å². The summed E-state index contributed by atoms with van der Waals surface area (Å²) in [6, 6.07) is 9.89. The Morgan fingerprint density at radius 3 is 2.64 bits per heavy atom. The van der Waals surface area contributed by atoms with E-state index in [9.17, 15) is 14.4 Å². The first kappa shape index (κ1) is 25.0. The third-order valence-electron chi connectivity index (χ3n) is 4.35. The molecule has 2 aromatic rings. The largest absolute Gasteiger partial charge is 0.458 e. The Morgan fingerprint density at radius 1 is 1.27 bits per heavy atom. The highest BCUT2D eigenvalue weighted by Gasteiger charge is 2.34. The predicted molar refractivity (Wildman–Crippen MR) is 132 cm³/mol. The second kappa shape index (κ2) is 10.1. The Morgan fingerprint density at radius 2 is 1.97 bits per heavy atom. The van der Waals surface area contributed by atoms with Crippen LogP contribution < -0.4 is 5.32 Å². The predicted octanol–water partition coefficient (Wildman–Crippen LogP) is 4.65. The van der Waals surface area contributed by atoms with Gasteiger partial charge in [-0.3, -0.25) is 14.5 Å². The molecule has 174 valence electrons. The van der Waals surface area contributed by atoms with Crippen molar-refractivity contribution < 1.29 is 23.5 Å². The molecule has 1 aromatic carbocycles. The third kappa shape index (κ3) is 6.46. The zero-order chi connectivity index (χ0) is 24.3. The summed E-state index contributed by atoms with van der Waals surface area (Å²) in [4.78, 5) is 38.8. The number of furan rings is 1. The number of hydrogen-bond acceptors (Lipinski definition) is 7. The van der Waals surface area contributed by atoms with Gasteiger partial charge in [-0.1, -0.05) is 47.7 Å². The van der Waals surface area contributed by atoms with Gasteiger partial charge in [0, 0.05) is 11.6 Å². The Hall–Kier alpha value is -2.62. The molecule has 1 saturated heterocycles. The van der Waals surface area contributed by atoms with Crippen molar-refractivity contribution in [3.05, 3.63) is 52.1 Å². The van der Waals surface area contributed by atoms with E-state index in [1.54, 1.807) is 45.0 Å². The number of carbonyl (C=O) groups is 3. The van der Waals surface area contributed by atoms with E-state index in [0.717, 1.165) is 17.3 Å². The van der Waals surface area contributed by atoms with E-state index in [4.69, 9.17) is 33.0 Å². The van der Waals surface area contributed by atoms with Crippen LogP contribution in [0, 0.1) is 0 Å². The number of esters is 1. The number of rotatable bonds is 6. The van der Waals surface area contributed by atoms with E-state index in [1.807, 2.05) is 18.2 Å². The number of thioether (sulfide) groups is 1. The number of nitrogens with one attached hydrogen (secondary N) is 1. The van der Waals surface area contributed by atoms with Gasteiger partial charge in [0.15, 0.2) is 0 Å². The molecule has 1 aliphatic rings. The fourth-order valence-electron chi connectivity index (χ4n) is 2.88. The van der Waals surface area contributed by atoms with Crippen LogP contribution in [0.25, 0.3) is 17.4 Å². The first-order valence-corrected chi connectivity index (χ1v) is 11.7. The Kier molecular flexibility index (Phi) is 7.66. The van der Waals surface area contributed by atoms with Gasteiger partial charge in [-0.15, -0.1) is 0 Å². The van der Waals surface area contributed by atoms with Crippen molar-refractivity contribution in [2.75, 3.05) is 6.54 Å². The quantitative estimate of drug-likeness (QED) is 0.346. The zero-order valence-electron chi connectivity index (χ0n) is 18.5. The molecule has 3 rings (SSSR count). The number of hydrogen-bond donors (Lipinski definition) is 1. The van der Waals surface area contributed by atoms with Crippen molar-refractivity contribution in [1.29, 1.82) is 0 Å². The lowest BCUT2D eigenvalue weighted by atomic mass is 10.2. The van der Waals surface area contributed by atoms with E-state index >= 15 is 0 Å². The van der Waals surface area contributed by atoms with Gasteiger partial charge in [0.2, 0.25) is 5.91 Å². The summed E-state index contributed by atoms with van der Waals surface area (Å²) in [5, 5.41) is 3.09. The van der Waals surface area contributed by atoms with Crippen LogP contribution in [0.2, 0.25) is 5.02 Å². The summed E-state index contributed by atoms with van der Waals surface area (Å²) < 4.78 is 11.3. The lowest BCUT2D eigenvalue weighted by Crippen LogP contribution is -2.46. The molecule has 0 unspecified atom stereocenters. The fraction of sp³-hybridized carbons (Fsp3) is 0.304. The zero-order valence-corrected chi connectivity index (χ0v) is 20.9. The molecule has 0 bridgehead atoms. The molecule has 7 nitrogen and oxygen atoms in total. The first-order chi connectivity index (χ1) is 15.4. The molecule has 10 heteroatoms.